The first-order valence-electron chi connectivity index (χ1n) is 8.48. The molecule has 1 atom stereocenters. The number of ether oxygens (including phenoxy) is 1. The Morgan fingerprint density at radius 2 is 2.23 bits per heavy atom. The second-order valence-electron chi connectivity index (χ2n) is 5.51. The fourth-order valence-corrected chi connectivity index (χ4v) is 3.26. The minimum Gasteiger partial charge on any atom is -0.462 e. The Morgan fingerprint density at radius 3 is 2.88 bits per heavy atom. The summed E-state index contributed by atoms with van der Waals surface area (Å²) in [4.78, 5) is 21.2. The first-order chi connectivity index (χ1) is 12.5. The minimum absolute atomic E-state index is 0.114. The van der Waals surface area contributed by atoms with Gasteiger partial charge in [0.15, 0.2) is 11.8 Å². The monoisotopic (exact) mass is 379 g/mol. The number of hydrogen-bond acceptors (Lipinski definition) is 7. The van der Waals surface area contributed by atoms with E-state index in [9.17, 15) is 4.79 Å². The molecule has 2 aromatic heterocycles. The highest BCUT2D eigenvalue weighted by atomic mass is 32.1. The average Bonchev–Trinajstić information content (AvgIpc) is 3.24. The van der Waals surface area contributed by atoms with Gasteiger partial charge in [0.1, 0.15) is 16.2 Å². The van der Waals surface area contributed by atoms with Crippen LogP contribution in [0.5, 0.6) is 0 Å². The van der Waals surface area contributed by atoms with Gasteiger partial charge in [-0.15, -0.1) is 21.5 Å². The van der Waals surface area contributed by atoms with Crippen molar-refractivity contribution in [3.05, 3.63) is 27.7 Å². The van der Waals surface area contributed by atoms with Crippen LogP contribution in [0.2, 0.25) is 0 Å². The van der Waals surface area contributed by atoms with E-state index in [2.05, 4.69) is 30.8 Å². The molecule has 0 aliphatic heterocycles. The van der Waals surface area contributed by atoms with Crippen LogP contribution in [0.1, 0.15) is 53.0 Å². The molecular weight excluding hydrogens is 354 g/mol. The van der Waals surface area contributed by atoms with E-state index in [4.69, 9.17) is 4.74 Å². The smallest absolute Gasteiger partial charge is 0.350 e. The number of hydrogen-bond donors (Lipinski definition) is 2. The third-order valence-corrected chi connectivity index (χ3v) is 4.99. The maximum absolute atomic E-state index is 12.0. The van der Waals surface area contributed by atoms with Gasteiger partial charge in [-0.3, -0.25) is 4.99 Å². The number of rotatable bonds is 7. The number of thiazole rings is 1. The first-order valence-corrected chi connectivity index (χ1v) is 9.30. The molecule has 0 amide bonds. The Morgan fingerprint density at radius 1 is 1.46 bits per heavy atom. The highest BCUT2D eigenvalue weighted by Gasteiger charge is 2.20. The molecule has 0 aliphatic rings. The summed E-state index contributed by atoms with van der Waals surface area (Å²) in [5, 5.41) is 15.3. The lowest BCUT2D eigenvalue weighted by Crippen LogP contribution is -2.38. The van der Waals surface area contributed by atoms with Gasteiger partial charge in [-0.1, -0.05) is 0 Å². The Kier molecular flexibility index (Phi) is 7.07. The van der Waals surface area contributed by atoms with Crippen molar-refractivity contribution in [3.63, 3.8) is 0 Å². The minimum atomic E-state index is -0.331. The van der Waals surface area contributed by atoms with Gasteiger partial charge in [0.2, 0.25) is 0 Å². The zero-order chi connectivity index (χ0) is 19.1. The molecule has 0 aliphatic carbocycles. The number of carbonyl (C=O) groups is 1. The van der Waals surface area contributed by atoms with Crippen molar-refractivity contribution in [2.24, 2.45) is 4.99 Å². The molecule has 9 nitrogen and oxygen atoms in total. The van der Waals surface area contributed by atoms with E-state index < -0.39 is 0 Å². The van der Waals surface area contributed by atoms with E-state index >= 15 is 0 Å². The van der Waals surface area contributed by atoms with Crippen LogP contribution in [-0.4, -0.2) is 45.3 Å². The maximum Gasteiger partial charge on any atom is 0.350 e. The molecule has 0 radical (unpaired) electrons. The molecule has 0 bridgehead atoms. The number of nitrogens with zero attached hydrogens (tertiary/aromatic N) is 5. The third kappa shape index (κ3) is 4.78. The predicted octanol–water partition coefficient (Wildman–Crippen LogP) is 1.67. The molecule has 0 spiro atoms. The molecular formula is C16H25N7O2S. The molecule has 2 rings (SSSR count). The quantitative estimate of drug-likeness (QED) is 0.428. The molecule has 0 aromatic carbocycles. The molecule has 2 aromatic rings. The van der Waals surface area contributed by atoms with Crippen molar-refractivity contribution >= 4 is 23.3 Å². The first kappa shape index (κ1) is 19.8. The highest BCUT2D eigenvalue weighted by Crippen LogP contribution is 2.24. The average molecular weight is 379 g/mol. The summed E-state index contributed by atoms with van der Waals surface area (Å²) < 4.78 is 7.02. The van der Waals surface area contributed by atoms with E-state index in [-0.39, 0.29) is 12.0 Å². The van der Waals surface area contributed by atoms with Crippen LogP contribution in [0.4, 0.5) is 0 Å². The molecule has 0 saturated heterocycles. The Bertz CT molecular complexity index is 768. The van der Waals surface area contributed by atoms with Gasteiger partial charge in [0, 0.05) is 13.6 Å². The summed E-state index contributed by atoms with van der Waals surface area (Å²) in [6.45, 7) is 9.26. The van der Waals surface area contributed by atoms with Gasteiger partial charge in [0.05, 0.1) is 24.9 Å². The van der Waals surface area contributed by atoms with Crippen LogP contribution in [0.3, 0.4) is 0 Å². The fourth-order valence-electron chi connectivity index (χ4n) is 2.29. The molecule has 0 saturated carbocycles. The normalized spacial score (nSPS) is 12.7. The van der Waals surface area contributed by atoms with Crippen LogP contribution >= 0.6 is 11.3 Å². The molecule has 142 valence electrons. The highest BCUT2D eigenvalue weighted by molar-refractivity contribution is 7.13. The maximum atomic E-state index is 12.0. The van der Waals surface area contributed by atoms with Crippen molar-refractivity contribution in [2.45, 2.75) is 46.8 Å². The Balaban J connectivity index is 2.00. The molecule has 10 heteroatoms. The largest absolute Gasteiger partial charge is 0.462 e. The van der Waals surface area contributed by atoms with Crippen molar-refractivity contribution in [3.8, 4) is 0 Å². The number of nitrogens with one attached hydrogen (secondary N) is 2. The summed E-state index contributed by atoms with van der Waals surface area (Å²) in [5.41, 5.74) is 0.677. The number of aliphatic imine (C=N–C) groups is 1. The van der Waals surface area contributed by atoms with Gasteiger partial charge >= 0.3 is 5.97 Å². The van der Waals surface area contributed by atoms with E-state index in [0.717, 1.165) is 17.4 Å². The van der Waals surface area contributed by atoms with Crippen LogP contribution in [0.25, 0.3) is 0 Å². The van der Waals surface area contributed by atoms with Crippen LogP contribution in [0.15, 0.2) is 11.3 Å². The lowest BCUT2D eigenvalue weighted by molar-refractivity contribution is 0.0531. The predicted molar refractivity (Wildman–Crippen MR) is 100 cm³/mol. The van der Waals surface area contributed by atoms with Gasteiger partial charge < -0.3 is 19.9 Å². The fraction of sp³-hybridized carbons (Fsp3) is 0.562. The summed E-state index contributed by atoms with van der Waals surface area (Å²) in [6, 6.07) is -0.114. The number of aromatic nitrogens is 4. The second kappa shape index (κ2) is 9.27. The van der Waals surface area contributed by atoms with Crippen molar-refractivity contribution in [1.29, 1.82) is 0 Å². The summed E-state index contributed by atoms with van der Waals surface area (Å²) in [7, 11) is 1.70. The van der Waals surface area contributed by atoms with Crippen LogP contribution in [0, 0.1) is 6.92 Å². The van der Waals surface area contributed by atoms with E-state index in [1.165, 1.54) is 11.3 Å². The zero-order valence-corrected chi connectivity index (χ0v) is 16.6. The van der Waals surface area contributed by atoms with Gasteiger partial charge in [-0.2, -0.15) is 0 Å². The van der Waals surface area contributed by atoms with Gasteiger partial charge in [-0.05, 0) is 27.7 Å². The number of guanidine groups is 1. The van der Waals surface area contributed by atoms with Crippen molar-refractivity contribution in [1.82, 2.24) is 30.4 Å². The van der Waals surface area contributed by atoms with E-state index in [0.29, 0.717) is 29.7 Å². The standard InChI is InChI=1S/C16H25N7O2S/c1-6-23-9-19-22-12(23)8-18-16(17-5)21-11(4)14-20-10(3)13(26-14)15(24)25-7-2/h9,11H,6-8H2,1-5H3,(H2,17,18,21). The lowest BCUT2D eigenvalue weighted by atomic mass is 10.3. The second-order valence-corrected chi connectivity index (χ2v) is 6.54. The number of esters is 1. The Hall–Kier alpha value is -2.49. The SMILES string of the molecule is CCOC(=O)c1sc(C(C)NC(=NC)NCc2nncn2CC)nc1C. The van der Waals surface area contributed by atoms with Crippen LogP contribution < -0.4 is 10.6 Å². The molecule has 26 heavy (non-hydrogen) atoms. The summed E-state index contributed by atoms with van der Waals surface area (Å²) in [6.07, 6.45) is 1.70. The number of aryl methyl sites for hydroxylation is 2. The summed E-state index contributed by atoms with van der Waals surface area (Å²) in [5.74, 6) is 1.12. The lowest BCUT2D eigenvalue weighted by Gasteiger charge is -2.16. The van der Waals surface area contributed by atoms with E-state index in [1.807, 2.05) is 25.3 Å². The van der Waals surface area contributed by atoms with Crippen molar-refractivity contribution in [2.75, 3.05) is 13.7 Å². The van der Waals surface area contributed by atoms with Crippen molar-refractivity contribution < 1.29 is 9.53 Å². The van der Waals surface area contributed by atoms with E-state index in [1.54, 1.807) is 20.3 Å². The van der Waals surface area contributed by atoms with Crippen LogP contribution in [-0.2, 0) is 17.8 Å². The molecule has 2 heterocycles. The Labute approximate surface area is 156 Å². The third-order valence-electron chi connectivity index (χ3n) is 3.67. The molecule has 1 unspecified atom stereocenters. The number of carbonyl (C=O) groups excluding carboxylic acids is 1. The zero-order valence-electron chi connectivity index (χ0n) is 15.7. The topological polar surface area (TPSA) is 106 Å². The van der Waals surface area contributed by atoms with Gasteiger partial charge in [-0.25, -0.2) is 9.78 Å². The molecule has 2 N–H and O–H groups in total. The van der Waals surface area contributed by atoms with Gasteiger partial charge in [0.25, 0.3) is 0 Å². The summed E-state index contributed by atoms with van der Waals surface area (Å²) >= 11 is 1.33. The molecule has 0 fully saturated rings.